The molecule has 0 spiro atoms. The van der Waals surface area contributed by atoms with E-state index in [0.717, 1.165) is 60.3 Å². The fourth-order valence-corrected chi connectivity index (χ4v) is 5.29. The number of rotatable bonds is 6. The first-order valence-corrected chi connectivity index (χ1v) is 11.6. The Balaban J connectivity index is 1.68. The molecule has 0 aromatic carbocycles. The van der Waals surface area contributed by atoms with Crippen LogP contribution in [0, 0.1) is 17.8 Å². The Morgan fingerprint density at radius 1 is 1.16 bits per heavy atom. The standard InChI is InChI=1S/C25H32N4O3/c1-5-14-29(4)25(31)32-16(3)23-19-11-9-17-18(22(17)15(2)30)10-12-20(19)24(28-27-23)21-8-6-7-13-26-21/h6-8,13,16-18,22H,5,9-12,14H2,1-4H3. The maximum Gasteiger partial charge on any atom is 0.410 e. The molecule has 0 aliphatic heterocycles. The minimum absolute atomic E-state index is 0.185. The lowest BCUT2D eigenvalue weighted by molar-refractivity contribution is -0.118. The number of nitrogens with zero attached hydrogens (tertiary/aromatic N) is 4. The number of carbonyl (C=O) groups excluding carboxylic acids is 2. The van der Waals surface area contributed by atoms with Crippen molar-refractivity contribution in [3.8, 4) is 11.4 Å². The van der Waals surface area contributed by atoms with Gasteiger partial charge in [0.25, 0.3) is 0 Å². The van der Waals surface area contributed by atoms with E-state index in [1.165, 1.54) is 0 Å². The number of hydrogen-bond donors (Lipinski definition) is 0. The first kappa shape index (κ1) is 22.4. The SMILES string of the molecule is CCCN(C)C(=O)OC(C)c1nnc(-c2ccccn2)c2c1CCC1C(CC2)C1C(C)=O. The van der Waals surface area contributed by atoms with Crippen LogP contribution in [-0.2, 0) is 22.4 Å². The second-order valence-corrected chi connectivity index (χ2v) is 9.09. The number of Topliss-reactive ketones (excluding diaryl/α,β-unsaturated/α-hetero) is 1. The van der Waals surface area contributed by atoms with Crippen molar-refractivity contribution in [2.24, 2.45) is 17.8 Å². The monoisotopic (exact) mass is 436 g/mol. The van der Waals surface area contributed by atoms with Crippen molar-refractivity contribution >= 4 is 11.9 Å². The Morgan fingerprint density at radius 3 is 2.50 bits per heavy atom. The zero-order valence-corrected chi connectivity index (χ0v) is 19.4. The molecule has 4 unspecified atom stereocenters. The lowest BCUT2D eigenvalue weighted by atomic mass is 9.89. The average Bonchev–Trinajstić information content (AvgIpc) is 3.46. The molecular weight excluding hydrogens is 404 g/mol. The molecule has 2 aliphatic carbocycles. The quantitative estimate of drug-likeness (QED) is 0.667. The number of fused-ring (bicyclic) bond motifs is 2. The van der Waals surface area contributed by atoms with Gasteiger partial charge in [-0.25, -0.2) is 4.79 Å². The van der Waals surface area contributed by atoms with Crippen molar-refractivity contribution in [3.63, 3.8) is 0 Å². The van der Waals surface area contributed by atoms with E-state index < -0.39 is 6.10 Å². The topological polar surface area (TPSA) is 85.3 Å². The summed E-state index contributed by atoms with van der Waals surface area (Å²) in [5, 5.41) is 9.09. The third kappa shape index (κ3) is 4.38. The van der Waals surface area contributed by atoms with E-state index in [4.69, 9.17) is 4.74 Å². The van der Waals surface area contributed by atoms with Crippen LogP contribution in [0.2, 0.25) is 0 Å². The van der Waals surface area contributed by atoms with Crippen molar-refractivity contribution < 1.29 is 14.3 Å². The van der Waals surface area contributed by atoms with E-state index in [0.29, 0.717) is 24.2 Å². The largest absolute Gasteiger partial charge is 0.440 e. The normalized spacial score (nSPS) is 22.6. The van der Waals surface area contributed by atoms with E-state index >= 15 is 0 Å². The van der Waals surface area contributed by atoms with Crippen molar-refractivity contribution in [2.75, 3.05) is 13.6 Å². The van der Waals surface area contributed by atoms with Gasteiger partial charge < -0.3 is 9.64 Å². The Kier molecular flexibility index (Phi) is 6.53. The van der Waals surface area contributed by atoms with Crippen LogP contribution in [0.1, 0.15) is 63.0 Å². The number of amides is 1. The number of pyridine rings is 1. The Labute approximate surface area is 189 Å². The molecule has 32 heavy (non-hydrogen) atoms. The molecule has 4 atom stereocenters. The smallest absolute Gasteiger partial charge is 0.410 e. The molecule has 2 aliphatic rings. The van der Waals surface area contributed by atoms with Crippen LogP contribution in [0.25, 0.3) is 11.4 Å². The van der Waals surface area contributed by atoms with E-state index in [1.807, 2.05) is 32.0 Å². The molecule has 1 amide bonds. The third-order valence-corrected chi connectivity index (χ3v) is 6.91. The molecule has 0 bridgehead atoms. The maximum atomic E-state index is 12.5. The summed E-state index contributed by atoms with van der Waals surface area (Å²) in [6.07, 6.45) is 5.30. The molecule has 4 rings (SSSR count). The van der Waals surface area contributed by atoms with Crippen LogP contribution < -0.4 is 0 Å². The molecule has 0 radical (unpaired) electrons. The van der Waals surface area contributed by atoms with Crippen molar-refractivity contribution in [1.82, 2.24) is 20.1 Å². The molecule has 1 fully saturated rings. The summed E-state index contributed by atoms with van der Waals surface area (Å²) in [5.41, 5.74) is 4.55. The molecular formula is C25H32N4O3. The minimum atomic E-state index is -0.501. The van der Waals surface area contributed by atoms with E-state index in [1.54, 1.807) is 25.1 Å². The first-order valence-electron chi connectivity index (χ1n) is 11.6. The first-order chi connectivity index (χ1) is 15.4. The zero-order chi connectivity index (χ0) is 22.8. The van der Waals surface area contributed by atoms with Crippen LogP contribution in [0.5, 0.6) is 0 Å². The summed E-state index contributed by atoms with van der Waals surface area (Å²) in [4.78, 5) is 30.6. The fraction of sp³-hybridized carbons (Fsp3) is 0.560. The lowest BCUT2D eigenvalue weighted by Crippen LogP contribution is -2.29. The molecule has 0 saturated heterocycles. The van der Waals surface area contributed by atoms with Gasteiger partial charge in [-0.3, -0.25) is 9.78 Å². The summed E-state index contributed by atoms with van der Waals surface area (Å²) < 4.78 is 5.75. The summed E-state index contributed by atoms with van der Waals surface area (Å²) in [6, 6.07) is 5.78. The number of hydrogen-bond acceptors (Lipinski definition) is 6. The van der Waals surface area contributed by atoms with Gasteiger partial charge in [0.05, 0.1) is 5.69 Å². The zero-order valence-electron chi connectivity index (χ0n) is 19.4. The lowest BCUT2D eigenvalue weighted by Gasteiger charge is -2.23. The Morgan fingerprint density at radius 2 is 1.88 bits per heavy atom. The molecule has 2 aromatic rings. The molecule has 7 nitrogen and oxygen atoms in total. The summed E-state index contributed by atoms with van der Waals surface area (Å²) in [6.45, 7) is 6.24. The van der Waals surface area contributed by atoms with Crippen LogP contribution in [0.4, 0.5) is 4.79 Å². The van der Waals surface area contributed by atoms with Crippen LogP contribution >= 0.6 is 0 Å². The van der Waals surface area contributed by atoms with Crippen LogP contribution in [0.15, 0.2) is 24.4 Å². The molecule has 7 heteroatoms. The highest BCUT2D eigenvalue weighted by atomic mass is 16.6. The maximum absolute atomic E-state index is 12.5. The van der Waals surface area contributed by atoms with Crippen molar-refractivity contribution in [3.05, 3.63) is 41.2 Å². The number of ether oxygens (including phenoxy) is 1. The van der Waals surface area contributed by atoms with Crippen LogP contribution in [-0.4, -0.2) is 45.6 Å². The molecule has 170 valence electrons. The Hall–Kier alpha value is -2.83. The van der Waals surface area contributed by atoms with Crippen molar-refractivity contribution in [1.29, 1.82) is 0 Å². The van der Waals surface area contributed by atoms with Crippen LogP contribution in [0.3, 0.4) is 0 Å². The second kappa shape index (κ2) is 9.35. The van der Waals surface area contributed by atoms with Gasteiger partial charge in [-0.05, 0) is 81.0 Å². The second-order valence-electron chi connectivity index (χ2n) is 9.09. The predicted octanol–water partition coefficient (Wildman–Crippen LogP) is 4.41. The van der Waals surface area contributed by atoms with Gasteiger partial charge in [0.1, 0.15) is 23.3 Å². The fourth-order valence-electron chi connectivity index (χ4n) is 5.29. The van der Waals surface area contributed by atoms with Gasteiger partial charge in [0.2, 0.25) is 0 Å². The van der Waals surface area contributed by atoms with Gasteiger partial charge in [0.15, 0.2) is 0 Å². The summed E-state index contributed by atoms with van der Waals surface area (Å²) in [7, 11) is 1.74. The minimum Gasteiger partial charge on any atom is -0.440 e. The summed E-state index contributed by atoms with van der Waals surface area (Å²) in [5.74, 6) is 1.40. The van der Waals surface area contributed by atoms with Gasteiger partial charge in [0, 0.05) is 25.7 Å². The van der Waals surface area contributed by atoms with Gasteiger partial charge in [-0.2, -0.15) is 5.10 Å². The number of carbonyl (C=O) groups is 2. The molecule has 0 N–H and O–H groups in total. The Bertz CT molecular complexity index is 994. The highest BCUT2D eigenvalue weighted by Gasteiger charge is 2.52. The molecule has 2 aromatic heterocycles. The number of ketones is 1. The van der Waals surface area contributed by atoms with E-state index in [2.05, 4.69) is 15.2 Å². The van der Waals surface area contributed by atoms with E-state index in [-0.39, 0.29) is 12.0 Å². The number of aromatic nitrogens is 3. The van der Waals surface area contributed by atoms with Gasteiger partial charge >= 0.3 is 6.09 Å². The molecule has 2 heterocycles. The highest BCUT2D eigenvalue weighted by Crippen LogP contribution is 2.54. The van der Waals surface area contributed by atoms with Crippen molar-refractivity contribution in [2.45, 2.75) is 59.0 Å². The van der Waals surface area contributed by atoms with E-state index in [9.17, 15) is 9.59 Å². The van der Waals surface area contributed by atoms with Gasteiger partial charge in [-0.1, -0.05) is 13.0 Å². The average molecular weight is 437 g/mol. The molecule has 1 saturated carbocycles. The third-order valence-electron chi connectivity index (χ3n) is 6.91. The predicted molar refractivity (Wildman–Crippen MR) is 121 cm³/mol. The van der Waals surface area contributed by atoms with Gasteiger partial charge in [-0.15, -0.1) is 5.10 Å². The highest BCUT2D eigenvalue weighted by molar-refractivity contribution is 5.82. The summed E-state index contributed by atoms with van der Waals surface area (Å²) >= 11 is 0.